The van der Waals surface area contributed by atoms with Crippen LogP contribution in [0.5, 0.6) is 0 Å². The standard InChI is InChI=1S/C16H26N2/c1-12(2)17-10-14(5)11-18(13(3)4)16-9-7-6-8-15(16)17/h6-9,12-14H,10-11H2,1-5H3. The van der Waals surface area contributed by atoms with Gasteiger partial charge in [0, 0.05) is 25.2 Å². The van der Waals surface area contributed by atoms with Crippen molar-refractivity contribution in [2.45, 2.75) is 46.7 Å². The van der Waals surface area contributed by atoms with Gasteiger partial charge >= 0.3 is 0 Å². The molecule has 0 unspecified atom stereocenters. The molecule has 1 aliphatic heterocycles. The van der Waals surface area contributed by atoms with Crippen LogP contribution >= 0.6 is 0 Å². The van der Waals surface area contributed by atoms with Gasteiger partial charge in [0.2, 0.25) is 0 Å². The summed E-state index contributed by atoms with van der Waals surface area (Å²) in [6.07, 6.45) is 0. The predicted octanol–water partition coefficient (Wildman–Crippen LogP) is 3.77. The monoisotopic (exact) mass is 246 g/mol. The zero-order chi connectivity index (χ0) is 13.3. The molecule has 2 nitrogen and oxygen atoms in total. The molecule has 0 aliphatic carbocycles. The maximum absolute atomic E-state index is 2.54. The average molecular weight is 246 g/mol. The third-order valence-electron chi connectivity index (χ3n) is 3.76. The lowest BCUT2D eigenvalue weighted by Crippen LogP contribution is -2.36. The van der Waals surface area contributed by atoms with Crippen LogP contribution in [0.3, 0.4) is 0 Å². The minimum absolute atomic E-state index is 0.556. The molecule has 0 N–H and O–H groups in total. The SMILES string of the molecule is CC1CN(C(C)C)c2ccccc2N(C(C)C)C1. The van der Waals surface area contributed by atoms with Gasteiger partial charge in [0.05, 0.1) is 11.4 Å². The molecule has 0 spiro atoms. The van der Waals surface area contributed by atoms with E-state index in [4.69, 9.17) is 0 Å². The van der Waals surface area contributed by atoms with Crippen molar-refractivity contribution in [3.63, 3.8) is 0 Å². The lowest BCUT2D eigenvalue weighted by molar-refractivity contribution is 0.520. The van der Waals surface area contributed by atoms with Gasteiger partial charge in [-0.05, 0) is 45.7 Å². The van der Waals surface area contributed by atoms with Gasteiger partial charge in [0.1, 0.15) is 0 Å². The van der Waals surface area contributed by atoms with Gasteiger partial charge in [-0.25, -0.2) is 0 Å². The number of hydrogen-bond acceptors (Lipinski definition) is 2. The molecule has 1 aromatic carbocycles. The van der Waals surface area contributed by atoms with E-state index in [9.17, 15) is 0 Å². The van der Waals surface area contributed by atoms with E-state index in [0.717, 1.165) is 13.1 Å². The summed E-state index contributed by atoms with van der Waals surface area (Å²) < 4.78 is 0. The van der Waals surface area contributed by atoms with Crippen LogP contribution in [-0.2, 0) is 0 Å². The molecule has 2 rings (SSSR count). The third kappa shape index (κ3) is 2.47. The first-order valence-corrected chi connectivity index (χ1v) is 7.13. The molecule has 18 heavy (non-hydrogen) atoms. The van der Waals surface area contributed by atoms with Crippen LogP contribution in [0.4, 0.5) is 11.4 Å². The van der Waals surface area contributed by atoms with Crippen LogP contribution in [0, 0.1) is 5.92 Å². The van der Waals surface area contributed by atoms with E-state index in [0.29, 0.717) is 18.0 Å². The largest absolute Gasteiger partial charge is 0.367 e. The molecule has 0 atom stereocenters. The van der Waals surface area contributed by atoms with E-state index in [1.54, 1.807) is 0 Å². The zero-order valence-corrected chi connectivity index (χ0v) is 12.4. The molecule has 0 saturated carbocycles. The molecular weight excluding hydrogens is 220 g/mol. The zero-order valence-electron chi connectivity index (χ0n) is 12.4. The number of fused-ring (bicyclic) bond motifs is 1. The lowest BCUT2D eigenvalue weighted by atomic mass is 10.1. The molecule has 0 radical (unpaired) electrons. The summed E-state index contributed by atoms with van der Waals surface area (Å²) in [5.41, 5.74) is 2.79. The highest BCUT2D eigenvalue weighted by Gasteiger charge is 2.26. The van der Waals surface area contributed by atoms with Crippen LogP contribution in [0.25, 0.3) is 0 Å². The first kappa shape index (κ1) is 13.3. The summed E-state index contributed by atoms with van der Waals surface area (Å²) in [6, 6.07) is 9.96. The van der Waals surface area contributed by atoms with Gasteiger partial charge < -0.3 is 9.80 Å². The van der Waals surface area contributed by atoms with Crippen molar-refractivity contribution >= 4 is 11.4 Å². The maximum Gasteiger partial charge on any atom is 0.0606 e. The van der Waals surface area contributed by atoms with Crippen LogP contribution in [-0.4, -0.2) is 25.2 Å². The van der Waals surface area contributed by atoms with Crippen molar-refractivity contribution in [3.8, 4) is 0 Å². The highest BCUT2D eigenvalue weighted by Crippen LogP contribution is 2.35. The molecule has 1 aromatic rings. The molecule has 0 fully saturated rings. The Labute approximate surface area is 112 Å². The van der Waals surface area contributed by atoms with Crippen molar-refractivity contribution in [2.75, 3.05) is 22.9 Å². The van der Waals surface area contributed by atoms with E-state index in [1.807, 2.05) is 0 Å². The number of hydrogen-bond donors (Lipinski definition) is 0. The first-order chi connectivity index (χ1) is 8.50. The quantitative estimate of drug-likeness (QED) is 0.784. The fourth-order valence-electron chi connectivity index (χ4n) is 2.85. The van der Waals surface area contributed by atoms with E-state index in [2.05, 4.69) is 68.7 Å². The molecule has 0 aromatic heterocycles. The van der Waals surface area contributed by atoms with Gasteiger partial charge in [-0.3, -0.25) is 0 Å². The molecule has 0 amide bonds. The second-order valence-electron chi connectivity index (χ2n) is 6.09. The van der Waals surface area contributed by atoms with Crippen molar-refractivity contribution in [2.24, 2.45) is 5.92 Å². The molecule has 100 valence electrons. The fraction of sp³-hybridized carbons (Fsp3) is 0.625. The summed E-state index contributed by atoms with van der Waals surface area (Å²) >= 11 is 0. The molecule has 1 aliphatic rings. The average Bonchev–Trinajstić information content (AvgIpc) is 2.47. The van der Waals surface area contributed by atoms with E-state index < -0.39 is 0 Å². The third-order valence-corrected chi connectivity index (χ3v) is 3.76. The minimum atomic E-state index is 0.556. The molecular formula is C16H26N2. The van der Waals surface area contributed by atoms with E-state index in [-0.39, 0.29) is 0 Å². The first-order valence-electron chi connectivity index (χ1n) is 7.13. The smallest absolute Gasteiger partial charge is 0.0606 e. The Balaban J connectivity index is 2.48. The normalized spacial score (nSPS) is 17.3. The van der Waals surface area contributed by atoms with E-state index in [1.165, 1.54) is 11.4 Å². The number of para-hydroxylation sites is 2. The number of benzene rings is 1. The Morgan fingerprint density at radius 2 is 1.28 bits per heavy atom. The summed E-state index contributed by atoms with van der Waals surface area (Å²) in [7, 11) is 0. The Kier molecular flexibility index (Phi) is 3.84. The Morgan fingerprint density at radius 1 is 0.889 bits per heavy atom. The number of nitrogens with zero attached hydrogens (tertiary/aromatic N) is 2. The van der Waals surface area contributed by atoms with Gasteiger partial charge in [-0.1, -0.05) is 19.1 Å². The van der Waals surface area contributed by atoms with Crippen LogP contribution in [0.1, 0.15) is 34.6 Å². The molecule has 0 bridgehead atoms. The fourth-order valence-corrected chi connectivity index (χ4v) is 2.85. The van der Waals surface area contributed by atoms with Crippen LogP contribution in [0.15, 0.2) is 24.3 Å². The highest BCUT2D eigenvalue weighted by atomic mass is 15.2. The summed E-state index contributed by atoms with van der Waals surface area (Å²) in [5.74, 6) is 0.696. The Hall–Kier alpha value is -1.18. The second-order valence-corrected chi connectivity index (χ2v) is 6.09. The second kappa shape index (κ2) is 5.21. The highest BCUT2D eigenvalue weighted by molar-refractivity contribution is 5.72. The van der Waals surface area contributed by atoms with Crippen molar-refractivity contribution in [1.82, 2.24) is 0 Å². The van der Waals surface area contributed by atoms with Gasteiger partial charge in [0.25, 0.3) is 0 Å². The van der Waals surface area contributed by atoms with Crippen LogP contribution in [0.2, 0.25) is 0 Å². The number of anilines is 2. The van der Waals surface area contributed by atoms with Crippen molar-refractivity contribution in [1.29, 1.82) is 0 Å². The molecule has 1 heterocycles. The minimum Gasteiger partial charge on any atom is -0.367 e. The van der Waals surface area contributed by atoms with Gasteiger partial charge in [-0.15, -0.1) is 0 Å². The number of rotatable bonds is 2. The van der Waals surface area contributed by atoms with Crippen LogP contribution < -0.4 is 9.80 Å². The topological polar surface area (TPSA) is 6.48 Å². The Bertz CT molecular complexity index is 361. The lowest BCUT2D eigenvalue weighted by Gasteiger charge is -2.32. The summed E-state index contributed by atoms with van der Waals surface area (Å²) in [5, 5.41) is 0. The molecule has 2 heteroatoms. The predicted molar refractivity (Wildman–Crippen MR) is 80.6 cm³/mol. The summed E-state index contributed by atoms with van der Waals surface area (Å²) in [4.78, 5) is 5.09. The van der Waals surface area contributed by atoms with Gasteiger partial charge in [0.15, 0.2) is 0 Å². The van der Waals surface area contributed by atoms with E-state index >= 15 is 0 Å². The van der Waals surface area contributed by atoms with Crippen molar-refractivity contribution < 1.29 is 0 Å². The van der Waals surface area contributed by atoms with Crippen molar-refractivity contribution in [3.05, 3.63) is 24.3 Å². The maximum atomic E-state index is 2.54. The molecule has 0 saturated heterocycles. The Morgan fingerprint density at radius 3 is 1.61 bits per heavy atom. The summed E-state index contributed by atoms with van der Waals surface area (Å²) in [6.45, 7) is 13.8. The van der Waals surface area contributed by atoms with Gasteiger partial charge in [-0.2, -0.15) is 0 Å².